The van der Waals surface area contributed by atoms with Crippen LogP contribution in [0.4, 0.5) is 0 Å². The fraction of sp³-hybridized carbons (Fsp3) is 0.458. The fourth-order valence-corrected chi connectivity index (χ4v) is 4.53. The molecule has 0 saturated carbocycles. The van der Waals surface area contributed by atoms with E-state index in [2.05, 4.69) is 18.3 Å². The summed E-state index contributed by atoms with van der Waals surface area (Å²) in [5.41, 5.74) is 3.36. The lowest BCUT2D eigenvalue weighted by atomic mass is 10.0. The predicted octanol–water partition coefficient (Wildman–Crippen LogP) is 3.40. The first-order valence-corrected chi connectivity index (χ1v) is 11.0. The van der Waals surface area contributed by atoms with Gasteiger partial charge in [-0.05, 0) is 49.9 Å². The number of fused-ring (bicyclic) bond motifs is 1. The summed E-state index contributed by atoms with van der Waals surface area (Å²) in [6.07, 6.45) is 2.74. The molecule has 1 fully saturated rings. The second-order valence-corrected chi connectivity index (χ2v) is 8.25. The number of nitrogens with zero attached hydrogens (tertiary/aromatic N) is 3. The summed E-state index contributed by atoms with van der Waals surface area (Å²) in [6, 6.07) is 11.1. The van der Waals surface area contributed by atoms with Crippen molar-refractivity contribution in [1.82, 2.24) is 14.8 Å². The molecule has 4 rings (SSSR count). The number of hydrogen-bond donors (Lipinski definition) is 1. The van der Waals surface area contributed by atoms with Crippen LogP contribution in [0.3, 0.4) is 0 Å². The van der Waals surface area contributed by atoms with E-state index in [1.807, 2.05) is 28.5 Å². The molecule has 0 aliphatic carbocycles. The Morgan fingerprint density at radius 3 is 2.71 bits per heavy atom. The van der Waals surface area contributed by atoms with Crippen LogP contribution in [-0.2, 0) is 17.9 Å². The molecule has 1 aromatic heterocycles. The number of nitrogens with one attached hydrogen (secondary N) is 1. The van der Waals surface area contributed by atoms with Gasteiger partial charge >= 0.3 is 0 Å². The van der Waals surface area contributed by atoms with Gasteiger partial charge in [0.2, 0.25) is 0 Å². The van der Waals surface area contributed by atoms with Gasteiger partial charge in [0.15, 0.2) is 0 Å². The Morgan fingerprint density at radius 2 is 2.06 bits per heavy atom. The van der Waals surface area contributed by atoms with E-state index in [0.717, 1.165) is 30.6 Å². The van der Waals surface area contributed by atoms with Crippen molar-refractivity contribution in [2.24, 2.45) is 0 Å². The van der Waals surface area contributed by atoms with Crippen molar-refractivity contribution in [3.63, 3.8) is 0 Å². The highest BCUT2D eigenvalue weighted by Gasteiger charge is 2.32. The molecule has 0 spiro atoms. The Hall–Kier alpha value is -3.11. The van der Waals surface area contributed by atoms with E-state index in [1.54, 1.807) is 18.2 Å². The van der Waals surface area contributed by atoms with E-state index >= 15 is 0 Å². The van der Waals surface area contributed by atoms with E-state index < -0.39 is 0 Å². The van der Waals surface area contributed by atoms with Crippen molar-refractivity contribution in [3.05, 3.63) is 58.4 Å². The van der Waals surface area contributed by atoms with E-state index in [4.69, 9.17) is 10.00 Å². The zero-order chi connectivity index (χ0) is 22.0. The second kappa shape index (κ2) is 8.94. The largest absolute Gasteiger partial charge is 0.373 e. The number of ether oxygens (including phenoxy) is 1. The highest BCUT2D eigenvalue weighted by molar-refractivity contribution is 6.01. The standard InChI is InChI=1S/C24H28N4O3/c1-3-20(18-8-6-17(14-25)7-9-18)26-23(29)19-13-21(28-11-12-31-15-22(19)28)24(30)27-10-4-5-16(27)2/h6-9,13,16,20H,3-5,10-12,15H2,1-2H3,(H,26,29)/t16?,20-/m1/s1. The number of carbonyl (C=O) groups is 2. The van der Waals surface area contributed by atoms with Gasteiger partial charge in [-0.25, -0.2) is 0 Å². The molecule has 1 N–H and O–H groups in total. The number of nitriles is 1. The molecule has 1 unspecified atom stereocenters. The maximum atomic E-state index is 13.2. The quantitative estimate of drug-likeness (QED) is 0.803. The third-order valence-electron chi connectivity index (χ3n) is 6.34. The normalized spacial score (nSPS) is 18.9. The summed E-state index contributed by atoms with van der Waals surface area (Å²) in [5.74, 6) is -0.217. The Morgan fingerprint density at radius 1 is 1.29 bits per heavy atom. The second-order valence-electron chi connectivity index (χ2n) is 8.25. The van der Waals surface area contributed by atoms with Crippen molar-refractivity contribution in [3.8, 4) is 6.07 Å². The van der Waals surface area contributed by atoms with Gasteiger partial charge in [0, 0.05) is 19.1 Å². The molecule has 3 heterocycles. The third kappa shape index (κ3) is 4.08. The SMILES string of the molecule is CC[C@@H](NC(=O)c1cc(C(=O)N2CCCC2C)n2c1COCC2)c1ccc(C#N)cc1. The molecule has 2 aromatic rings. The average molecular weight is 421 g/mol. The highest BCUT2D eigenvalue weighted by Crippen LogP contribution is 2.26. The number of amides is 2. The Kier molecular flexibility index (Phi) is 6.10. The number of aromatic nitrogens is 1. The van der Waals surface area contributed by atoms with Gasteiger partial charge in [-0.2, -0.15) is 5.26 Å². The van der Waals surface area contributed by atoms with Crippen molar-refractivity contribution >= 4 is 11.8 Å². The van der Waals surface area contributed by atoms with Crippen LogP contribution in [0.5, 0.6) is 0 Å². The molecule has 162 valence electrons. The molecule has 2 aliphatic rings. The van der Waals surface area contributed by atoms with E-state index in [1.165, 1.54) is 0 Å². The zero-order valence-electron chi connectivity index (χ0n) is 18.1. The van der Waals surface area contributed by atoms with Gasteiger partial charge in [0.1, 0.15) is 5.69 Å². The van der Waals surface area contributed by atoms with Gasteiger partial charge in [0.25, 0.3) is 11.8 Å². The molecule has 2 amide bonds. The van der Waals surface area contributed by atoms with E-state index in [9.17, 15) is 9.59 Å². The number of hydrogen-bond acceptors (Lipinski definition) is 4. The molecule has 1 saturated heterocycles. The molecule has 2 atom stereocenters. The zero-order valence-corrected chi connectivity index (χ0v) is 18.1. The van der Waals surface area contributed by atoms with E-state index in [-0.39, 0.29) is 23.9 Å². The van der Waals surface area contributed by atoms with Crippen LogP contribution < -0.4 is 5.32 Å². The number of likely N-dealkylation sites (tertiary alicyclic amines) is 1. The molecule has 0 radical (unpaired) electrons. The lowest BCUT2D eigenvalue weighted by Crippen LogP contribution is -2.35. The maximum absolute atomic E-state index is 13.2. The topological polar surface area (TPSA) is 87.4 Å². The number of rotatable bonds is 5. The number of carbonyl (C=O) groups excluding carboxylic acids is 2. The van der Waals surface area contributed by atoms with Crippen molar-refractivity contribution in [1.29, 1.82) is 5.26 Å². The summed E-state index contributed by atoms with van der Waals surface area (Å²) in [6.45, 7) is 6.25. The maximum Gasteiger partial charge on any atom is 0.270 e. The highest BCUT2D eigenvalue weighted by atomic mass is 16.5. The molecular weight excluding hydrogens is 392 g/mol. The molecule has 31 heavy (non-hydrogen) atoms. The average Bonchev–Trinajstić information content (AvgIpc) is 3.41. The number of benzene rings is 1. The monoisotopic (exact) mass is 420 g/mol. The van der Waals surface area contributed by atoms with Crippen LogP contribution in [0.25, 0.3) is 0 Å². The minimum atomic E-state index is -0.209. The lowest BCUT2D eigenvalue weighted by molar-refractivity contribution is 0.0683. The van der Waals surface area contributed by atoms with Crippen LogP contribution in [0, 0.1) is 11.3 Å². The van der Waals surface area contributed by atoms with Crippen molar-refractivity contribution in [2.75, 3.05) is 13.2 Å². The van der Waals surface area contributed by atoms with E-state index in [0.29, 0.717) is 43.0 Å². The fourth-order valence-electron chi connectivity index (χ4n) is 4.53. The molecular formula is C24H28N4O3. The Bertz CT molecular complexity index is 1020. The van der Waals surface area contributed by atoms with Crippen LogP contribution in [0.1, 0.15) is 76.8 Å². The molecule has 0 bridgehead atoms. The molecule has 1 aromatic carbocycles. The third-order valence-corrected chi connectivity index (χ3v) is 6.34. The summed E-state index contributed by atoms with van der Waals surface area (Å²) in [5, 5.41) is 12.1. The Balaban J connectivity index is 1.60. The van der Waals surface area contributed by atoms with Crippen LogP contribution in [-0.4, -0.2) is 40.5 Å². The first-order valence-electron chi connectivity index (χ1n) is 11.0. The van der Waals surface area contributed by atoms with Crippen LogP contribution in [0.2, 0.25) is 0 Å². The van der Waals surface area contributed by atoms with Gasteiger partial charge < -0.3 is 19.5 Å². The summed E-state index contributed by atoms with van der Waals surface area (Å²) in [7, 11) is 0. The lowest BCUT2D eigenvalue weighted by Gasteiger charge is -2.24. The molecule has 2 aliphatic heterocycles. The molecule has 7 nitrogen and oxygen atoms in total. The van der Waals surface area contributed by atoms with Gasteiger partial charge in [-0.15, -0.1) is 0 Å². The Labute approximate surface area is 182 Å². The van der Waals surface area contributed by atoms with Gasteiger partial charge in [0.05, 0.1) is 42.1 Å². The predicted molar refractivity (Wildman–Crippen MR) is 115 cm³/mol. The summed E-state index contributed by atoms with van der Waals surface area (Å²) in [4.78, 5) is 28.4. The minimum Gasteiger partial charge on any atom is -0.373 e. The van der Waals surface area contributed by atoms with Gasteiger partial charge in [-0.3, -0.25) is 9.59 Å². The summed E-state index contributed by atoms with van der Waals surface area (Å²) < 4.78 is 7.56. The van der Waals surface area contributed by atoms with Gasteiger partial charge in [-0.1, -0.05) is 19.1 Å². The summed E-state index contributed by atoms with van der Waals surface area (Å²) >= 11 is 0. The first kappa shape index (κ1) is 21.1. The van der Waals surface area contributed by atoms with Crippen molar-refractivity contribution < 1.29 is 14.3 Å². The smallest absolute Gasteiger partial charge is 0.270 e. The van der Waals surface area contributed by atoms with Crippen LogP contribution in [0.15, 0.2) is 30.3 Å². The first-order chi connectivity index (χ1) is 15.0. The van der Waals surface area contributed by atoms with Crippen LogP contribution >= 0.6 is 0 Å². The molecule has 7 heteroatoms. The van der Waals surface area contributed by atoms with Crippen molar-refractivity contribution in [2.45, 2.75) is 58.3 Å². The minimum absolute atomic E-state index is 0.00802.